The maximum Gasteiger partial charge on any atom is 0.231 e. The molecular formula is C18H23NO2. The molecule has 1 atom stereocenters. The average Bonchev–Trinajstić information content (AvgIpc) is 3.13. The Labute approximate surface area is 126 Å². The molecule has 1 aliphatic carbocycles. The van der Waals surface area contributed by atoms with Crippen LogP contribution in [0, 0.1) is 0 Å². The highest BCUT2D eigenvalue weighted by molar-refractivity contribution is 5.44. The summed E-state index contributed by atoms with van der Waals surface area (Å²) in [6, 6.07) is 6.35. The second kappa shape index (κ2) is 5.38. The molecule has 1 fully saturated rings. The fourth-order valence-corrected chi connectivity index (χ4v) is 4.04. The van der Waals surface area contributed by atoms with E-state index >= 15 is 0 Å². The molecule has 21 heavy (non-hydrogen) atoms. The fourth-order valence-electron chi connectivity index (χ4n) is 4.04. The van der Waals surface area contributed by atoms with Gasteiger partial charge < -0.3 is 9.47 Å². The topological polar surface area (TPSA) is 21.7 Å². The Hall–Kier alpha value is -1.48. The minimum Gasteiger partial charge on any atom is -0.454 e. The second-order valence-electron chi connectivity index (χ2n) is 6.43. The van der Waals surface area contributed by atoms with Crippen LogP contribution in [0.1, 0.15) is 37.7 Å². The number of hydrogen-bond donors (Lipinski definition) is 0. The molecule has 1 aromatic rings. The van der Waals surface area contributed by atoms with Crippen LogP contribution >= 0.6 is 0 Å². The molecule has 4 rings (SSSR count). The summed E-state index contributed by atoms with van der Waals surface area (Å²) in [6.45, 7) is 2.75. The van der Waals surface area contributed by atoms with Crippen molar-refractivity contribution in [3.63, 3.8) is 0 Å². The van der Waals surface area contributed by atoms with Gasteiger partial charge in [0.15, 0.2) is 11.5 Å². The highest BCUT2D eigenvalue weighted by Gasteiger charge is 2.38. The monoisotopic (exact) mass is 285 g/mol. The molecule has 112 valence electrons. The van der Waals surface area contributed by atoms with Crippen molar-refractivity contribution in [2.45, 2.75) is 44.1 Å². The number of hydrogen-bond acceptors (Lipinski definition) is 3. The van der Waals surface area contributed by atoms with E-state index in [-0.39, 0.29) is 0 Å². The Balaban J connectivity index is 1.44. The molecule has 0 amide bonds. The van der Waals surface area contributed by atoms with E-state index in [1.165, 1.54) is 44.2 Å². The highest BCUT2D eigenvalue weighted by atomic mass is 16.7. The third-order valence-corrected chi connectivity index (χ3v) is 5.18. The number of ether oxygens (including phenoxy) is 2. The average molecular weight is 285 g/mol. The van der Waals surface area contributed by atoms with E-state index < -0.39 is 0 Å². The van der Waals surface area contributed by atoms with E-state index in [0.29, 0.717) is 12.3 Å². The number of nitrogens with zero attached hydrogens (tertiary/aromatic N) is 1. The smallest absolute Gasteiger partial charge is 0.231 e. The lowest BCUT2D eigenvalue weighted by molar-refractivity contribution is 0.167. The van der Waals surface area contributed by atoms with Crippen molar-refractivity contribution in [2.75, 3.05) is 19.9 Å². The molecule has 2 aliphatic heterocycles. The molecule has 0 bridgehead atoms. The number of likely N-dealkylation sites (tertiary alicyclic amines) is 1. The van der Waals surface area contributed by atoms with Crippen molar-refractivity contribution in [1.29, 1.82) is 0 Å². The molecule has 0 radical (unpaired) electrons. The molecule has 0 aromatic heterocycles. The number of rotatable bonds is 3. The Morgan fingerprint density at radius 3 is 2.90 bits per heavy atom. The maximum atomic E-state index is 5.47. The van der Waals surface area contributed by atoms with Crippen molar-refractivity contribution in [1.82, 2.24) is 4.90 Å². The van der Waals surface area contributed by atoms with Crippen LogP contribution in [-0.4, -0.2) is 30.3 Å². The lowest BCUT2D eigenvalue weighted by atomic mass is 9.85. The molecule has 2 heterocycles. The Kier molecular flexibility index (Phi) is 3.38. The lowest BCUT2D eigenvalue weighted by Crippen LogP contribution is -2.44. The summed E-state index contributed by atoms with van der Waals surface area (Å²) in [5.74, 6) is 1.79. The van der Waals surface area contributed by atoms with Gasteiger partial charge in [0, 0.05) is 12.1 Å². The standard InChI is InChI=1S/C18H23NO2/c1-2-8-18(9-3-1)10-4-11-19(18)12-7-15-5-6-16-17(13-15)21-14-20-16/h2,5-6,8,13H,1,3-4,7,9-12,14H2. The summed E-state index contributed by atoms with van der Waals surface area (Å²) >= 11 is 0. The van der Waals surface area contributed by atoms with Gasteiger partial charge in [-0.15, -0.1) is 0 Å². The summed E-state index contributed by atoms with van der Waals surface area (Å²) < 4.78 is 10.9. The molecule has 3 heteroatoms. The van der Waals surface area contributed by atoms with Crippen molar-refractivity contribution in [2.24, 2.45) is 0 Å². The summed E-state index contributed by atoms with van der Waals surface area (Å²) in [7, 11) is 0. The van der Waals surface area contributed by atoms with Crippen molar-refractivity contribution < 1.29 is 9.47 Å². The maximum absolute atomic E-state index is 5.47. The van der Waals surface area contributed by atoms with Crippen LogP contribution in [-0.2, 0) is 6.42 Å². The third kappa shape index (κ3) is 2.44. The van der Waals surface area contributed by atoms with Crippen molar-refractivity contribution in [3.8, 4) is 11.5 Å². The predicted octanol–water partition coefficient (Wildman–Crippen LogP) is 3.53. The predicted molar refractivity (Wildman–Crippen MR) is 82.8 cm³/mol. The van der Waals surface area contributed by atoms with E-state index in [4.69, 9.17) is 9.47 Å². The number of fused-ring (bicyclic) bond motifs is 1. The van der Waals surface area contributed by atoms with E-state index in [0.717, 1.165) is 24.5 Å². The van der Waals surface area contributed by atoms with Crippen LogP contribution in [0.2, 0.25) is 0 Å². The van der Waals surface area contributed by atoms with Gasteiger partial charge in [-0.3, -0.25) is 4.90 Å². The first kappa shape index (κ1) is 13.2. The van der Waals surface area contributed by atoms with Gasteiger partial charge in [-0.1, -0.05) is 18.2 Å². The van der Waals surface area contributed by atoms with E-state index in [9.17, 15) is 0 Å². The highest BCUT2D eigenvalue weighted by Crippen LogP contribution is 2.38. The van der Waals surface area contributed by atoms with Crippen LogP contribution < -0.4 is 9.47 Å². The Morgan fingerprint density at radius 2 is 2.00 bits per heavy atom. The fraction of sp³-hybridized carbons (Fsp3) is 0.556. The quantitative estimate of drug-likeness (QED) is 0.793. The number of allylic oxidation sites excluding steroid dienone is 1. The largest absolute Gasteiger partial charge is 0.454 e. The van der Waals surface area contributed by atoms with Crippen LogP contribution in [0.4, 0.5) is 0 Å². The minimum absolute atomic E-state index is 0.360. The normalized spacial score (nSPS) is 27.6. The van der Waals surface area contributed by atoms with Crippen LogP contribution in [0.3, 0.4) is 0 Å². The summed E-state index contributed by atoms with van der Waals surface area (Å²) in [5.41, 5.74) is 1.72. The van der Waals surface area contributed by atoms with Crippen LogP contribution in [0.25, 0.3) is 0 Å². The molecule has 1 unspecified atom stereocenters. The van der Waals surface area contributed by atoms with Crippen LogP contribution in [0.15, 0.2) is 30.4 Å². The van der Waals surface area contributed by atoms with Gasteiger partial charge in [0.05, 0.1) is 0 Å². The molecule has 0 N–H and O–H groups in total. The van der Waals surface area contributed by atoms with Crippen molar-refractivity contribution in [3.05, 3.63) is 35.9 Å². The first-order chi connectivity index (χ1) is 10.4. The van der Waals surface area contributed by atoms with Gasteiger partial charge in [-0.25, -0.2) is 0 Å². The zero-order chi connectivity index (χ0) is 14.1. The minimum atomic E-state index is 0.360. The van der Waals surface area contributed by atoms with E-state index in [1.807, 2.05) is 6.07 Å². The SMILES string of the molecule is C1=CC2(CCC1)CCCN2CCc1ccc2c(c1)OCO2. The molecule has 1 spiro atoms. The molecular weight excluding hydrogens is 262 g/mol. The number of benzene rings is 1. The summed E-state index contributed by atoms with van der Waals surface area (Å²) in [5, 5.41) is 0. The Morgan fingerprint density at radius 1 is 1.10 bits per heavy atom. The zero-order valence-electron chi connectivity index (χ0n) is 12.5. The first-order valence-corrected chi connectivity index (χ1v) is 8.17. The van der Waals surface area contributed by atoms with Gasteiger partial charge in [0.1, 0.15) is 0 Å². The molecule has 1 saturated heterocycles. The van der Waals surface area contributed by atoms with Crippen LogP contribution in [0.5, 0.6) is 11.5 Å². The summed E-state index contributed by atoms with van der Waals surface area (Å²) in [4.78, 5) is 2.70. The zero-order valence-corrected chi connectivity index (χ0v) is 12.5. The third-order valence-electron chi connectivity index (χ3n) is 5.18. The first-order valence-electron chi connectivity index (χ1n) is 8.17. The summed E-state index contributed by atoms with van der Waals surface area (Å²) in [6.07, 6.45) is 12.6. The second-order valence-corrected chi connectivity index (χ2v) is 6.43. The molecule has 1 aromatic carbocycles. The van der Waals surface area contributed by atoms with Gasteiger partial charge >= 0.3 is 0 Å². The van der Waals surface area contributed by atoms with Gasteiger partial charge in [0.25, 0.3) is 0 Å². The molecule has 3 aliphatic rings. The van der Waals surface area contributed by atoms with Crippen molar-refractivity contribution >= 4 is 0 Å². The van der Waals surface area contributed by atoms with Gasteiger partial charge in [-0.2, -0.15) is 0 Å². The van der Waals surface area contributed by atoms with E-state index in [1.54, 1.807) is 0 Å². The van der Waals surface area contributed by atoms with E-state index in [2.05, 4.69) is 29.2 Å². The van der Waals surface area contributed by atoms with Gasteiger partial charge in [0.2, 0.25) is 6.79 Å². The molecule has 0 saturated carbocycles. The Bertz CT molecular complexity index is 554. The van der Waals surface area contributed by atoms with Gasteiger partial charge in [-0.05, 0) is 62.8 Å². The lowest BCUT2D eigenvalue weighted by Gasteiger charge is -2.38. The molecule has 3 nitrogen and oxygen atoms in total.